The Labute approximate surface area is 123 Å². The van der Waals surface area contributed by atoms with Crippen molar-refractivity contribution >= 4 is 43.8 Å². The molecule has 100 valence electrons. The molecule has 0 aliphatic rings. The molecular weight excluding hydrogens is 321 g/mol. The van der Waals surface area contributed by atoms with E-state index in [-0.39, 0.29) is 5.82 Å². The molecule has 0 radical (unpaired) electrons. The molecule has 3 aromatic rings. The molecule has 0 bridgehead atoms. The predicted molar refractivity (Wildman–Crippen MR) is 83.5 cm³/mol. The lowest BCUT2D eigenvalue weighted by atomic mass is 10.1. The standard InChI is InChI=1S/C15H11BrFN3/c16-11-6-15(13(18)7-12(11)17)20-14-3-1-2-9-4-5-19-8-10(9)14/h1-8,20H,18H2. The number of hydrogen-bond acceptors (Lipinski definition) is 3. The molecule has 1 aromatic heterocycles. The van der Waals surface area contributed by atoms with Gasteiger partial charge in [-0.3, -0.25) is 4.98 Å². The van der Waals surface area contributed by atoms with Gasteiger partial charge < -0.3 is 11.1 Å². The van der Waals surface area contributed by atoms with E-state index in [0.29, 0.717) is 15.8 Å². The van der Waals surface area contributed by atoms with Gasteiger partial charge >= 0.3 is 0 Å². The molecule has 0 spiro atoms. The minimum atomic E-state index is -0.382. The number of nitrogen functional groups attached to an aromatic ring is 1. The van der Waals surface area contributed by atoms with Gasteiger partial charge in [-0.1, -0.05) is 12.1 Å². The average Bonchev–Trinajstić information content (AvgIpc) is 2.45. The van der Waals surface area contributed by atoms with Crippen LogP contribution in [0.3, 0.4) is 0 Å². The average molecular weight is 332 g/mol. The Morgan fingerprint density at radius 1 is 1.15 bits per heavy atom. The highest BCUT2D eigenvalue weighted by molar-refractivity contribution is 9.10. The molecule has 1 heterocycles. The third-order valence-corrected chi connectivity index (χ3v) is 3.65. The Kier molecular flexibility index (Phi) is 3.28. The molecule has 0 amide bonds. The van der Waals surface area contributed by atoms with Gasteiger partial charge in [0.05, 0.1) is 15.8 Å². The maximum absolute atomic E-state index is 13.4. The zero-order valence-corrected chi connectivity index (χ0v) is 12.0. The van der Waals surface area contributed by atoms with E-state index in [0.717, 1.165) is 16.5 Å². The van der Waals surface area contributed by atoms with Crippen LogP contribution in [0.2, 0.25) is 0 Å². The van der Waals surface area contributed by atoms with Crippen LogP contribution in [0.15, 0.2) is 53.3 Å². The molecule has 0 saturated carbocycles. The van der Waals surface area contributed by atoms with Gasteiger partial charge in [-0.2, -0.15) is 0 Å². The van der Waals surface area contributed by atoms with E-state index in [2.05, 4.69) is 26.2 Å². The Morgan fingerprint density at radius 2 is 2.00 bits per heavy atom. The number of hydrogen-bond donors (Lipinski definition) is 2. The summed E-state index contributed by atoms with van der Waals surface area (Å²) < 4.78 is 13.8. The van der Waals surface area contributed by atoms with Crippen molar-refractivity contribution in [3.05, 3.63) is 59.1 Å². The summed E-state index contributed by atoms with van der Waals surface area (Å²) in [6.45, 7) is 0. The number of nitrogens with one attached hydrogen (secondary N) is 1. The van der Waals surface area contributed by atoms with E-state index in [1.165, 1.54) is 6.07 Å². The number of pyridine rings is 1. The van der Waals surface area contributed by atoms with E-state index in [1.54, 1.807) is 18.5 Å². The number of nitrogens with two attached hydrogens (primary N) is 1. The van der Waals surface area contributed by atoms with Crippen LogP contribution in [0.25, 0.3) is 10.8 Å². The topological polar surface area (TPSA) is 50.9 Å². The molecule has 3 rings (SSSR count). The molecule has 2 aromatic carbocycles. The number of aromatic nitrogens is 1. The lowest BCUT2D eigenvalue weighted by Crippen LogP contribution is -1.98. The van der Waals surface area contributed by atoms with Gasteiger partial charge in [0.15, 0.2) is 0 Å². The monoisotopic (exact) mass is 331 g/mol. The van der Waals surface area contributed by atoms with Gasteiger partial charge in [0.1, 0.15) is 5.82 Å². The van der Waals surface area contributed by atoms with Crippen LogP contribution in [0.5, 0.6) is 0 Å². The van der Waals surface area contributed by atoms with Crippen LogP contribution >= 0.6 is 15.9 Å². The van der Waals surface area contributed by atoms with Crippen LogP contribution in [0, 0.1) is 5.82 Å². The molecule has 0 unspecified atom stereocenters. The smallest absolute Gasteiger partial charge is 0.139 e. The first-order valence-electron chi connectivity index (χ1n) is 5.99. The third kappa shape index (κ3) is 2.32. The summed E-state index contributed by atoms with van der Waals surface area (Å²) in [4.78, 5) is 4.13. The van der Waals surface area contributed by atoms with Crippen molar-refractivity contribution in [2.75, 3.05) is 11.1 Å². The summed E-state index contributed by atoms with van der Waals surface area (Å²) in [7, 11) is 0. The lowest BCUT2D eigenvalue weighted by molar-refractivity contribution is 0.622. The van der Waals surface area contributed by atoms with Crippen LogP contribution in [0.1, 0.15) is 0 Å². The second-order valence-electron chi connectivity index (χ2n) is 4.38. The van der Waals surface area contributed by atoms with Gasteiger partial charge in [-0.25, -0.2) is 4.39 Å². The van der Waals surface area contributed by atoms with Gasteiger partial charge in [0.25, 0.3) is 0 Å². The lowest BCUT2D eigenvalue weighted by Gasteiger charge is -2.12. The maximum atomic E-state index is 13.4. The second kappa shape index (κ2) is 5.09. The van der Waals surface area contributed by atoms with Crippen molar-refractivity contribution in [3.63, 3.8) is 0 Å². The van der Waals surface area contributed by atoms with Crippen LogP contribution < -0.4 is 11.1 Å². The SMILES string of the molecule is Nc1cc(F)c(Br)cc1Nc1cccc2ccncc12. The summed E-state index contributed by atoms with van der Waals surface area (Å²) in [5.41, 5.74) is 7.72. The highest BCUT2D eigenvalue weighted by Gasteiger charge is 2.08. The Hall–Kier alpha value is -2.14. The first kappa shape index (κ1) is 12.9. The highest BCUT2D eigenvalue weighted by Crippen LogP contribution is 2.31. The zero-order chi connectivity index (χ0) is 14.1. The fourth-order valence-corrected chi connectivity index (χ4v) is 2.38. The number of rotatable bonds is 2. The largest absolute Gasteiger partial charge is 0.397 e. The normalized spacial score (nSPS) is 10.7. The molecule has 0 saturated heterocycles. The van der Waals surface area contributed by atoms with Crippen molar-refractivity contribution < 1.29 is 4.39 Å². The first-order chi connectivity index (χ1) is 9.65. The van der Waals surface area contributed by atoms with E-state index < -0.39 is 0 Å². The van der Waals surface area contributed by atoms with Crippen molar-refractivity contribution in [2.45, 2.75) is 0 Å². The van der Waals surface area contributed by atoms with Crippen LogP contribution in [-0.4, -0.2) is 4.98 Å². The first-order valence-corrected chi connectivity index (χ1v) is 6.79. The molecule has 0 aliphatic carbocycles. The maximum Gasteiger partial charge on any atom is 0.139 e. The Balaban J connectivity index is 2.08. The molecular formula is C15H11BrFN3. The summed E-state index contributed by atoms with van der Waals surface area (Å²) in [6.07, 6.45) is 3.53. The quantitative estimate of drug-likeness (QED) is 0.681. The number of benzene rings is 2. The molecule has 5 heteroatoms. The third-order valence-electron chi connectivity index (χ3n) is 3.05. The summed E-state index contributed by atoms with van der Waals surface area (Å²) >= 11 is 3.16. The predicted octanol–water partition coefficient (Wildman–Crippen LogP) is 4.46. The van der Waals surface area contributed by atoms with Crippen LogP contribution in [0.4, 0.5) is 21.5 Å². The summed E-state index contributed by atoms with van der Waals surface area (Å²) in [6, 6.07) is 10.7. The fourth-order valence-electron chi connectivity index (χ4n) is 2.04. The van der Waals surface area contributed by atoms with Gasteiger partial charge in [0, 0.05) is 29.5 Å². The number of nitrogens with zero attached hydrogens (tertiary/aromatic N) is 1. The van der Waals surface area contributed by atoms with Crippen molar-refractivity contribution in [1.29, 1.82) is 0 Å². The van der Waals surface area contributed by atoms with Crippen LogP contribution in [-0.2, 0) is 0 Å². The van der Waals surface area contributed by atoms with Gasteiger partial charge in [-0.15, -0.1) is 0 Å². The minimum absolute atomic E-state index is 0.353. The molecule has 0 fully saturated rings. The zero-order valence-electron chi connectivity index (χ0n) is 10.4. The fraction of sp³-hybridized carbons (Fsp3) is 0. The number of fused-ring (bicyclic) bond motifs is 1. The van der Waals surface area contributed by atoms with Gasteiger partial charge in [-0.05, 0) is 39.5 Å². The summed E-state index contributed by atoms with van der Waals surface area (Å²) in [5.74, 6) is -0.382. The van der Waals surface area contributed by atoms with Crippen molar-refractivity contribution in [1.82, 2.24) is 4.98 Å². The number of anilines is 3. The number of halogens is 2. The van der Waals surface area contributed by atoms with E-state index in [9.17, 15) is 4.39 Å². The van der Waals surface area contributed by atoms with E-state index >= 15 is 0 Å². The molecule has 0 atom stereocenters. The molecule has 3 nitrogen and oxygen atoms in total. The highest BCUT2D eigenvalue weighted by atomic mass is 79.9. The summed E-state index contributed by atoms with van der Waals surface area (Å²) in [5, 5.41) is 5.28. The Bertz CT molecular complexity index is 784. The van der Waals surface area contributed by atoms with Crippen molar-refractivity contribution in [3.8, 4) is 0 Å². The Morgan fingerprint density at radius 3 is 2.85 bits per heavy atom. The van der Waals surface area contributed by atoms with E-state index in [4.69, 9.17) is 5.73 Å². The van der Waals surface area contributed by atoms with E-state index in [1.807, 2.05) is 24.3 Å². The minimum Gasteiger partial charge on any atom is -0.397 e. The van der Waals surface area contributed by atoms with Crippen molar-refractivity contribution in [2.24, 2.45) is 0 Å². The second-order valence-corrected chi connectivity index (χ2v) is 5.24. The van der Waals surface area contributed by atoms with Gasteiger partial charge in [0.2, 0.25) is 0 Å². The molecule has 20 heavy (non-hydrogen) atoms. The molecule has 0 aliphatic heterocycles. The molecule has 3 N–H and O–H groups in total.